The smallest absolute Gasteiger partial charge is 0.159 e. The summed E-state index contributed by atoms with van der Waals surface area (Å²) in [5.41, 5.74) is 1.42. The minimum Gasteiger partial charge on any atom is -0.494 e. The van der Waals surface area contributed by atoms with Crippen LogP contribution in [0.3, 0.4) is 0 Å². The van der Waals surface area contributed by atoms with Crippen LogP contribution in [0.15, 0.2) is 73.0 Å². The average Bonchev–Trinajstić information content (AvgIpc) is 3.03. The number of halogens is 1. The Bertz CT molecular complexity index is 1970. The van der Waals surface area contributed by atoms with Gasteiger partial charge in [-0.15, -0.1) is 0 Å². The summed E-state index contributed by atoms with van der Waals surface area (Å²) in [6.45, 7) is -9.41. The maximum absolute atomic E-state index is 13.2. The fourth-order valence-corrected chi connectivity index (χ4v) is 3.96. The molecule has 2 aromatic heterocycles. The maximum Gasteiger partial charge on any atom is 0.159 e. The van der Waals surface area contributed by atoms with Crippen LogP contribution in [-0.2, 0) is 17.8 Å². The van der Waals surface area contributed by atoms with E-state index in [9.17, 15) is 10.1 Å². The van der Waals surface area contributed by atoms with Gasteiger partial charge in [-0.05, 0) is 63.3 Å². The number of ether oxygens (including phenoxy) is 2. The molecule has 2 heterocycles. The molecular formula is C31H30ClN5O3. The summed E-state index contributed by atoms with van der Waals surface area (Å²) in [6, 6.07) is 13.4. The van der Waals surface area contributed by atoms with Gasteiger partial charge in [0.05, 0.1) is 39.5 Å². The topological polar surface area (TPSA) is 100 Å². The summed E-state index contributed by atoms with van der Waals surface area (Å²) in [6.07, 6.45) is 2.20. The number of hydrogen-bond donors (Lipinski definition) is 1. The van der Waals surface area contributed by atoms with Crippen molar-refractivity contribution in [3.05, 3.63) is 94.9 Å². The molecule has 0 aliphatic rings. The van der Waals surface area contributed by atoms with E-state index in [4.69, 9.17) is 34.8 Å². The highest BCUT2D eigenvalue weighted by Gasteiger charge is 2.16. The molecule has 4 aromatic rings. The van der Waals surface area contributed by atoms with E-state index in [0.717, 1.165) is 4.90 Å². The Kier molecular flexibility index (Phi) is 6.10. The largest absolute Gasteiger partial charge is 0.494 e. The van der Waals surface area contributed by atoms with Crippen molar-refractivity contribution >= 4 is 39.7 Å². The second kappa shape index (κ2) is 13.6. The molecule has 0 aliphatic carbocycles. The zero-order chi connectivity index (χ0) is 37.0. The third kappa shape index (κ3) is 7.35. The number of nitrogens with one attached hydrogen (secondary N) is 1. The van der Waals surface area contributed by atoms with Gasteiger partial charge in [0.2, 0.25) is 0 Å². The van der Waals surface area contributed by atoms with Crippen molar-refractivity contribution in [3.8, 4) is 17.6 Å². The number of pyridine rings is 2. The van der Waals surface area contributed by atoms with Gasteiger partial charge >= 0.3 is 0 Å². The van der Waals surface area contributed by atoms with Crippen LogP contribution in [0, 0.1) is 11.3 Å². The van der Waals surface area contributed by atoms with Gasteiger partial charge in [0.15, 0.2) is 5.78 Å². The van der Waals surface area contributed by atoms with E-state index >= 15 is 0 Å². The van der Waals surface area contributed by atoms with Crippen LogP contribution in [0.1, 0.15) is 37.4 Å². The number of benzene rings is 2. The number of nitriles is 1. The molecule has 0 spiro atoms. The van der Waals surface area contributed by atoms with Gasteiger partial charge in [-0.25, -0.2) is 0 Å². The van der Waals surface area contributed by atoms with Gasteiger partial charge in [-0.2, -0.15) is 5.26 Å². The van der Waals surface area contributed by atoms with Crippen molar-refractivity contribution < 1.29 is 28.0 Å². The first-order chi connectivity index (χ1) is 23.3. The summed E-state index contributed by atoms with van der Waals surface area (Å²) in [5, 5.41) is 13.5. The maximum atomic E-state index is 13.2. The second-order valence-corrected chi connectivity index (χ2v) is 8.88. The molecule has 0 bridgehead atoms. The number of anilines is 2. The summed E-state index contributed by atoms with van der Waals surface area (Å²) in [5.74, 6) is -0.974. The van der Waals surface area contributed by atoms with Gasteiger partial charge in [-0.3, -0.25) is 14.8 Å². The number of hydrogen-bond acceptors (Lipinski definition) is 8. The standard InChI is InChI=1S/C31H30ClN5O3/c1-4-39-30-17-28-26(15-21(30)14-25(38)9-7-13-37(2)3)31(22(18-33)19-35-28)36-23-10-11-29(27(32)16-23)40-20-24-8-5-6-12-34-24/h5-12,15-17,19H,4,13-14,20H2,1-3H3,(H,35,36)/b9-7+/i1D3,2D3,4D2,7D,9D. The van der Waals surface area contributed by atoms with Crippen molar-refractivity contribution in [3.63, 3.8) is 0 Å². The molecule has 0 fully saturated rings. The van der Waals surface area contributed by atoms with Crippen molar-refractivity contribution in [2.24, 2.45) is 0 Å². The molecule has 0 unspecified atom stereocenters. The zero-order valence-electron chi connectivity index (χ0n) is 31.3. The third-order valence-corrected chi connectivity index (χ3v) is 5.83. The predicted molar refractivity (Wildman–Crippen MR) is 157 cm³/mol. The fraction of sp³-hybridized carbons (Fsp3) is 0.226. The van der Waals surface area contributed by atoms with Crippen molar-refractivity contribution in [2.75, 3.05) is 32.4 Å². The molecule has 0 atom stereocenters. The second-order valence-electron chi connectivity index (χ2n) is 8.48. The van der Waals surface area contributed by atoms with Crippen molar-refractivity contribution in [2.45, 2.75) is 19.9 Å². The number of aromatic nitrogens is 2. The van der Waals surface area contributed by atoms with Crippen LogP contribution in [0.25, 0.3) is 10.9 Å². The number of rotatable bonds is 12. The van der Waals surface area contributed by atoms with Gasteiger partial charge in [0.25, 0.3) is 0 Å². The Labute approximate surface area is 252 Å². The fourth-order valence-electron chi connectivity index (χ4n) is 3.72. The van der Waals surface area contributed by atoms with E-state index in [1.165, 1.54) is 25.4 Å². The summed E-state index contributed by atoms with van der Waals surface area (Å²) in [7, 11) is 1.20. The molecule has 0 saturated heterocycles. The van der Waals surface area contributed by atoms with E-state index in [2.05, 4.69) is 15.3 Å². The zero-order valence-corrected chi connectivity index (χ0v) is 22.0. The molecule has 0 aliphatic heterocycles. The lowest BCUT2D eigenvalue weighted by atomic mass is 10.0. The Morgan fingerprint density at radius 3 is 2.90 bits per heavy atom. The van der Waals surface area contributed by atoms with E-state index in [1.54, 1.807) is 36.5 Å². The minimum absolute atomic E-state index is 0.0649. The lowest BCUT2D eigenvalue weighted by Crippen LogP contribution is -2.11. The molecule has 1 N–H and O–H groups in total. The van der Waals surface area contributed by atoms with Crippen LogP contribution in [0.2, 0.25) is 5.02 Å². The number of carbonyl (C=O) groups is 1. The molecule has 40 heavy (non-hydrogen) atoms. The minimum atomic E-state index is -3.24. The van der Waals surface area contributed by atoms with E-state index in [1.807, 2.05) is 12.1 Å². The van der Waals surface area contributed by atoms with Gasteiger partial charge in [-0.1, -0.05) is 23.7 Å². The number of nitrogens with zero attached hydrogens (tertiary/aromatic N) is 4. The van der Waals surface area contributed by atoms with Gasteiger partial charge in [0.1, 0.15) is 24.2 Å². The first-order valence-corrected chi connectivity index (χ1v) is 12.2. The van der Waals surface area contributed by atoms with Crippen molar-refractivity contribution in [1.82, 2.24) is 14.9 Å². The van der Waals surface area contributed by atoms with Crippen LogP contribution < -0.4 is 14.8 Å². The number of allylic oxidation sites excluding steroid dienone is 1. The molecular weight excluding hydrogens is 526 g/mol. The number of carbonyl (C=O) groups excluding carboxylic acids is 1. The first-order valence-electron chi connectivity index (χ1n) is 16.9. The normalized spacial score (nSPS) is 16.2. The lowest BCUT2D eigenvalue weighted by Gasteiger charge is -2.16. The molecule has 0 amide bonds. The Morgan fingerprint density at radius 2 is 2.15 bits per heavy atom. The highest BCUT2D eigenvalue weighted by molar-refractivity contribution is 6.32. The quantitative estimate of drug-likeness (QED) is 0.205. The summed E-state index contributed by atoms with van der Waals surface area (Å²) in [4.78, 5) is 22.5. The van der Waals surface area contributed by atoms with Crippen LogP contribution in [0.4, 0.5) is 11.4 Å². The van der Waals surface area contributed by atoms with Crippen LogP contribution >= 0.6 is 11.6 Å². The van der Waals surface area contributed by atoms with Gasteiger partial charge < -0.3 is 19.7 Å². The van der Waals surface area contributed by atoms with Crippen LogP contribution in [-0.4, -0.2) is 47.8 Å². The SMILES string of the molecule is [2H]/C(CN(C)C([2H])([2H])[2H])=C(/[2H])C(=O)Cc1cc2c(Nc3ccc(OCc4ccccn4)c(Cl)c3)c(C#N)cnc2cc1OC([2H])([2H])C([2H])([2H])[2H]. The van der Waals surface area contributed by atoms with Gasteiger partial charge in [0, 0.05) is 56.3 Å². The lowest BCUT2D eigenvalue weighted by molar-refractivity contribution is -0.114. The Hall–Kier alpha value is -4.45. The van der Waals surface area contributed by atoms with Crippen LogP contribution in [0.5, 0.6) is 11.5 Å². The summed E-state index contributed by atoms with van der Waals surface area (Å²) < 4.78 is 88.7. The first kappa shape index (κ1) is 18.0. The highest BCUT2D eigenvalue weighted by atomic mass is 35.5. The monoisotopic (exact) mass is 565 g/mol. The molecule has 4 rings (SSSR count). The molecule has 204 valence electrons. The number of ketones is 1. The Morgan fingerprint density at radius 1 is 1.25 bits per heavy atom. The van der Waals surface area contributed by atoms with E-state index < -0.39 is 51.2 Å². The molecule has 8 nitrogen and oxygen atoms in total. The van der Waals surface area contributed by atoms with E-state index in [-0.39, 0.29) is 45.1 Å². The molecule has 9 heteroatoms. The molecule has 0 saturated carbocycles. The Balaban J connectivity index is 1.76. The molecule has 0 radical (unpaired) electrons. The number of fused-ring (bicyclic) bond motifs is 1. The average molecular weight is 566 g/mol. The van der Waals surface area contributed by atoms with E-state index in [0.29, 0.717) is 17.1 Å². The third-order valence-electron chi connectivity index (χ3n) is 5.53. The summed E-state index contributed by atoms with van der Waals surface area (Å²) >= 11 is 6.50. The highest BCUT2D eigenvalue weighted by Crippen LogP contribution is 2.36. The predicted octanol–water partition coefficient (Wildman–Crippen LogP) is 6.11. The van der Waals surface area contributed by atoms with Crippen molar-refractivity contribution in [1.29, 1.82) is 5.26 Å². The molecule has 2 aromatic carbocycles. The number of likely N-dealkylation sites (N-methyl/N-ethyl adjacent to an activating group) is 1.